The Balaban J connectivity index is 2.26. The summed E-state index contributed by atoms with van der Waals surface area (Å²) in [4.78, 5) is 0. The van der Waals surface area contributed by atoms with Crippen LogP contribution in [0.15, 0.2) is 48.5 Å². The van der Waals surface area contributed by atoms with Gasteiger partial charge in [0.1, 0.15) is 0 Å². The maximum atomic E-state index is 4.25. The van der Waals surface area contributed by atoms with Crippen molar-refractivity contribution in [3.63, 3.8) is 0 Å². The van der Waals surface area contributed by atoms with Crippen molar-refractivity contribution in [2.45, 2.75) is 19.8 Å². The molecule has 0 nitrogen and oxygen atoms in total. The van der Waals surface area contributed by atoms with Crippen LogP contribution in [0.1, 0.15) is 17.5 Å². The smallest absolute Gasteiger partial charge is 0.00947 e. The van der Waals surface area contributed by atoms with Crippen LogP contribution < -0.4 is 0 Å². The molecule has 0 fully saturated rings. The predicted octanol–water partition coefficient (Wildman–Crippen LogP) is 4.52. The van der Waals surface area contributed by atoms with E-state index in [0.717, 1.165) is 18.6 Å². The Labute approximate surface area is 109 Å². The van der Waals surface area contributed by atoms with E-state index in [4.69, 9.17) is 0 Å². The van der Waals surface area contributed by atoms with Gasteiger partial charge in [-0.15, -0.1) is 0 Å². The molecule has 0 unspecified atom stereocenters. The number of thiol groups is 1. The van der Waals surface area contributed by atoms with E-state index in [-0.39, 0.29) is 0 Å². The van der Waals surface area contributed by atoms with Crippen molar-refractivity contribution in [3.05, 3.63) is 59.7 Å². The van der Waals surface area contributed by atoms with Crippen LogP contribution in [-0.4, -0.2) is 5.75 Å². The average molecular weight is 242 g/mol. The van der Waals surface area contributed by atoms with E-state index in [1.165, 1.54) is 22.3 Å². The number of rotatable bonds is 4. The fourth-order valence-corrected chi connectivity index (χ4v) is 2.26. The molecule has 0 saturated heterocycles. The quantitative estimate of drug-likeness (QED) is 0.748. The third kappa shape index (κ3) is 3.13. The van der Waals surface area contributed by atoms with E-state index >= 15 is 0 Å². The van der Waals surface area contributed by atoms with Gasteiger partial charge in [-0.05, 0) is 47.8 Å². The Morgan fingerprint density at radius 2 is 1.76 bits per heavy atom. The maximum Gasteiger partial charge on any atom is -0.00947 e. The second-order valence-electron chi connectivity index (χ2n) is 4.34. The van der Waals surface area contributed by atoms with Crippen molar-refractivity contribution >= 4 is 12.6 Å². The molecule has 17 heavy (non-hydrogen) atoms. The summed E-state index contributed by atoms with van der Waals surface area (Å²) in [7, 11) is 0. The van der Waals surface area contributed by atoms with Crippen molar-refractivity contribution in [2.24, 2.45) is 0 Å². The average Bonchev–Trinajstić information content (AvgIpc) is 2.37. The van der Waals surface area contributed by atoms with Crippen molar-refractivity contribution in [2.75, 3.05) is 5.75 Å². The summed E-state index contributed by atoms with van der Waals surface area (Å²) in [5, 5.41) is 0. The fourth-order valence-electron chi connectivity index (χ4n) is 2.11. The molecular formula is C16H18S. The first-order valence-corrected chi connectivity index (χ1v) is 6.70. The molecule has 0 N–H and O–H groups in total. The minimum atomic E-state index is 0.958. The highest BCUT2D eigenvalue weighted by Crippen LogP contribution is 2.24. The summed E-state index contributed by atoms with van der Waals surface area (Å²) in [6.45, 7) is 2.19. The van der Waals surface area contributed by atoms with Crippen molar-refractivity contribution in [1.82, 2.24) is 0 Å². The standard InChI is InChI=1S/C16H18S/c1-13-12-14(6-5-11-17)9-10-16(13)15-7-3-2-4-8-15/h2-4,7-10,12,17H,5-6,11H2,1H3. The maximum absolute atomic E-state index is 4.25. The van der Waals surface area contributed by atoms with Crippen molar-refractivity contribution in [3.8, 4) is 11.1 Å². The van der Waals surface area contributed by atoms with E-state index in [1.54, 1.807) is 0 Å². The first-order valence-electron chi connectivity index (χ1n) is 6.07. The molecular weight excluding hydrogens is 224 g/mol. The summed E-state index contributed by atoms with van der Waals surface area (Å²) in [6.07, 6.45) is 2.27. The number of benzene rings is 2. The monoisotopic (exact) mass is 242 g/mol. The van der Waals surface area contributed by atoms with Gasteiger partial charge in [0.15, 0.2) is 0 Å². The van der Waals surface area contributed by atoms with Gasteiger partial charge in [-0.25, -0.2) is 0 Å². The van der Waals surface area contributed by atoms with E-state index < -0.39 is 0 Å². The third-order valence-electron chi connectivity index (χ3n) is 3.00. The molecule has 0 spiro atoms. The van der Waals surface area contributed by atoms with Crippen LogP contribution >= 0.6 is 12.6 Å². The zero-order valence-corrected chi connectivity index (χ0v) is 11.1. The molecule has 0 amide bonds. The minimum Gasteiger partial charge on any atom is -0.179 e. The number of hydrogen-bond donors (Lipinski definition) is 1. The van der Waals surface area contributed by atoms with Crippen LogP contribution in [-0.2, 0) is 6.42 Å². The molecule has 0 aliphatic rings. The van der Waals surface area contributed by atoms with Gasteiger partial charge in [0.25, 0.3) is 0 Å². The second-order valence-corrected chi connectivity index (χ2v) is 4.79. The molecule has 2 aromatic rings. The van der Waals surface area contributed by atoms with Crippen LogP contribution in [0, 0.1) is 6.92 Å². The lowest BCUT2D eigenvalue weighted by atomic mass is 9.97. The lowest BCUT2D eigenvalue weighted by molar-refractivity contribution is 0.934. The van der Waals surface area contributed by atoms with Crippen molar-refractivity contribution in [1.29, 1.82) is 0 Å². The van der Waals surface area contributed by atoms with Crippen LogP contribution in [0.3, 0.4) is 0 Å². The highest BCUT2D eigenvalue weighted by molar-refractivity contribution is 7.80. The van der Waals surface area contributed by atoms with E-state index in [0.29, 0.717) is 0 Å². The summed E-state index contributed by atoms with van der Waals surface area (Å²) in [5.74, 6) is 0.958. The third-order valence-corrected chi connectivity index (χ3v) is 3.32. The molecule has 0 heterocycles. The summed E-state index contributed by atoms with van der Waals surface area (Å²) in [6, 6.07) is 17.3. The molecule has 2 rings (SSSR count). The molecule has 0 aliphatic carbocycles. The Morgan fingerprint density at radius 3 is 2.41 bits per heavy atom. The summed E-state index contributed by atoms with van der Waals surface area (Å²) in [5.41, 5.74) is 5.40. The van der Waals surface area contributed by atoms with Gasteiger partial charge in [-0.2, -0.15) is 12.6 Å². The van der Waals surface area contributed by atoms with Gasteiger partial charge in [-0.3, -0.25) is 0 Å². The van der Waals surface area contributed by atoms with Gasteiger partial charge in [-0.1, -0.05) is 48.5 Å². The van der Waals surface area contributed by atoms with Crippen LogP contribution in [0.5, 0.6) is 0 Å². The van der Waals surface area contributed by atoms with E-state index in [2.05, 4.69) is 68.1 Å². The Hall–Kier alpha value is -1.21. The fraction of sp³-hybridized carbons (Fsp3) is 0.250. The lowest BCUT2D eigenvalue weighted by Gasteiger charge is -2.08. The van der Waals surface area contributed by atoms with Gasteiger partial charge in [0, 0.05) is 0 Å². The molecule has 0 atom stereocenters. The van der Waals surface area contributed by atoms with Crippen LogP contribution in [0.4, 0.5) is 0 Å². The predicted molar refractivity (Wildman–Crippen MR) is 78.8 cm³/mol. The van der Waals surface area contributed by atoms with Gasteiger partial charge in [0.05, 0.1) is 0 Å². The molecule has 1 heteroatoms. The topological polar surface area (TPSA) is 0 Å². The lowest BCUT2D eigenvalue weighted by Crippen LogP contribution is -1.90. The van der Waals surface area contributed by atoms with Crippen LogP contribution in [0.2, 0.25) is 0 Å². The number of aryl methyl sites for hydroxylation is 2. The molecule has 88 valence electrons. The zero-order chi connectivity index (χ0) is 12.1. The number of hydrogen-bond acceptors (Lipinski definition) is 1. The SMILES string of the molecule is Cc1cc(CCCS)ccc1-c1ccccc1. The summed E-state index contributed by atoms with van der Waals surface area (Å²) >= 11 is 4.25. The molecule has 0 aliphatic heterocycles. The first-order chi connectivity index (χ1) is 8.31. The second kappa shape index (κ2) is 5.92. The highest BCUT2D eigenvalue weighted by Gasteiger charge is 2.02. The molecule has 0 radical (unpaired) electrons. The Bertz CT molecular complexity index is 474. The van der Waals surface area contributed by atoms with E-state index in [1.807, 2.05) is 0 Å². The molecule has 0 bridgehead atoms. The minimum absolute atomic E-state index is 0.958. The normalized spacial score (nSPS) is 10.5. The van der Waals surface area contributed by atoms with Gasteiger partial charge >= 0.3 is 0 Å². The highest BCUT2D eigenvalue weighted by atomic mass is 32.1. The van der Waals surface area contributed by atoms with Gasteiger partial charge < -0.3 is 0 Å². The first kappa shape index (κ1) is 12.3. The van der Waals surface area contributed by atoms with Gasteiger partial charge in [0.2, 0.25) is 0 Å². The largest absolute Gasteiger partial charge is 0.179 e. The Morgan fingerprint density at radius 1 is 1.00 bits per heavy atom. The zero-order valence-electron chi connectivity index (χ0n) is 10.2. The molecule has 0 aromatic heterocycles. The van der Waals surface area contributed by atoms with Crippen molar-refractivity contribution < 1.29 is 0 Å². The van der Waals surface area contributed by atoms with E-state index in [9.17, 15) is 0 Å². The summed E-state index contributed by atoms with van der Waals surface area (Å²) < 4.78 is 0. The molecule has 0 saturated carbocycles. The molecule has 2 aromatic carbocycles. The Kier molecular flexibility index (Phi) is 4.27. The van der Waals surface area contributed by atoms with Crippen LogP contribution in [0.25, 0.3) is 11.1 Å².